The molecule has 0 atom stereocenters. The minimum atomic E-state index is 0.744. The van der Waals surface area contributed by atoms with Gasteiger partial charge in [0.05, 0.1) is 10.7 Å². The van der Waals surface area contributed by atoms with E-state index in [0.717, 1.165) is 22.0 Å². The maximum atomic E-state index is 6.06. The molecule has 0 fully saturated rings. The van der Waals surface area contributed by atoms with Crippen LogP contribution in [0.5, 0.6) is 0 Å². The lowest BCUT2D eigenvalue weighted by molar-refractivity contribution is 1.07. The van der Waals surface area contributed by atoms with E-state index in [-0.39, 0.29) is 0 Å². The molecule has 0 spiro atoms. The summed E-state index contributed by atoms with van der Waals surface area (Å²) in [5.74, 6) is 0. The van der Waals surface area contributed by atoms with Crippen LogP contribution in [0, 0.1) is 6.92 Å². The van der Waals surface area contributed by atoms with Gasteiger partial charge in [0.15, 0.2) is 0 Å². The number of nitrogens with one attached hydrogen (secondary N) is 2. The molecule has 76 valence electrons. The number of anilines is 1. The number of halogens is 1. The van der Waals surface area contributed by atoms with Gasteiger partial charge in [0, 0.05) is 18.9 Å². The normalized spacial score (nSPS) is 11.3. The fourth-order valence-corrected chi connectivity index (χ4v) is 1.47. The van der Waals surface area contributed by atoms with Gasteiger partial charge >= 0.3 is 0 Å². The number of allylic oxidation sites excluding steroid dienone is 1. The lowest BCUT2D eigenvalue weighted by Crippen LogP contribution is -2.02. The van der Waals surface area contributed by atoms with Gasteiger partial charge < -0.3 is 10.6 Å². The molecule has 2 N–H and O–H groups in total. The lowest BCUT2D eigenvalue weighted by Gasteiger charge is -2.09. The van der Waals surface area contributed by atoms with Gasteiger partial charge in [-0.25, -0.2) is 0 Å². The summed E-state index contributed by atoms with van der Waals surface area (Å²) in [5, 5.41) is 6.90. The van der Waals surface area contributed by atoms with Crippen molar-refractivity contribution in [2.45, 2.75) is 13.8 Å². The van der Waals surface area contributed by atoms with Gasteiger partial charge in [-0.3, -0.25) is 0 Å². The van der Waals surface area contributed by atoms with Crippen molar-refractivity contribution in [3.63, 3.8) is 0 Å². The lowest BCUT2D eigenvalue weighted by atomic mass is 10.2. The molecule has 0 aliphatic heterocycles. The molecule has 0 heterocycles. The molecule has 3 heteroatoms. The number of aryl methyl sites for hydroxylation is 1. The molecule has 0 amide bonds. The van der Waals surface area contributed by atoms with Gasteiger partial charge in [-0.1, -0.05) is 17.7 Å². The number of rotatable bonds is 3. The van der Waals surface area contributed by atoms with Crippen molar-refractivity contribution in [3.05, 3.63) is 40.7 Å². The Morgan fingerprint density at radius 2 is 2.14 bits per heavy atom. The first kappa shape index (κ1) is 10.9. The first-order valence-corrected chi connectivity index (χ1v) is 4.88. The van der Waals surface area contributed by atoms with Crippen molar-refractivity contribution in [1.29, 1.82) is 0 Å². The summed E-state index contributed by atoms with van der Waals surface area (Å²) in [6, 6.07) is 5.95. The Kier molecular flexibility index (Phi) is 3.84. The highest BCUT2D eigenvalue weighted by Crippen LogP contribution is 2.23. The van der Waals surface area contributed by atoms with Crippen molar-refractivity contribution >= 4 is 17.3 Å². The summed E-state index contributed by atoms with van der Waals surface area (Å²) in [7, 11) is 1.86. The summed E-state index contributed by atoms with van der Waals surface area (Å²) in [6.45, 7) is 4.00. The number of hydrogen-bond acceptors (Lipinski definition) is 2. The van der Waals surface area contributed by atoms with E-state index in [1.54, 1.807) is 0 Å². The van der Waals surface area contributed by atoms with Crippen LogP contribution in [0.3, 0.4) is 0 Å². The number of hydrogen-bond donors (Lipinski definition) is 2. The average molecular weight is 211 g/mol. The predicted molar refractivity (Wildman–Crippen MR) is 62.6 cm³/mol. The Hall–Kier alpha value is -1.15. The van der Waals surface area contributed by atoms with E-state index in [1.807, 2.05) is 45.3 Å². The van der Waals surface area contributed by atoms with E-state index in [9.17, 15) is 0 Å². The molecule has 0 aromatic heterocycles. The first-order valence-electron chi connectivity index (χ1n) is 4.50. The van der Waals surface area contributed by atoms with E-state index in [0.29, 0.717) is 0 Å². The topological polar surface area (TPSA) is 24.1 Å². The van der Waals surface area contributed by atoms with E-state index in [1.165, 1.54) is 0 Å². The molecule has 0 bridgehead atoms. The summed E-state index contributed by atoms with van der Waals surface area (Å²) >= 11 is 6.06. The molecule has 14 heavy (non-hydrogen) atoms. The highest BCUT2D eigenvalue weighted by molar-refractivity contribution is 6.33. The van der Waals surface area contributed by atoms with Gasteiger partial charge in [0.1, 0.15) is 0 Å². The molecule has 1 aromatic carbocycles. The summed E-state index contributed by atoms with van der Waals surface area (Å²) in [6.07, 6.45) is 1.89. The molecule has 0 aliphatic carbocycles. The molecule has 1 rings (SSSR count). The summed E-state index contributed by atoms with van der Waals surface area (Å²) < 4.78 is 0. The second kappa shape index (κ2) is 4.91. The zero-order valence-corrected chi connectivity index (χ0v) is 9.44. The molecule has 0 radical (unpaired) electrons. The maximum absolute atomic E-state index is 6.06. The summed E-state index contributed by atoms with van der Waals surface area (Å²) in [5.41, 5.74) is 3.12. The average Bonchev–Trinajstić information content (AvgIpc) is 2.10. The van der Waals surface area contributed by atoms with E-state index in [4.69, 9.17) is 11.6 Å². The standard InChI is InChI=1S/C11H15ClN2/c1-8-4-5-11(10(12)6-8)14-9(2)7-13-3/h4-7,13-14H,1-3H3/b9-7-. The van der Waals surface area contributed by atoms with Crippen LogP contribution in [0.25, 0.3) is 0 Å². The van der Waals surface area contributed by atoms with Crippen LogP contribution in [0.15, 0.2) is 30.1 Å². The third-order valence-electron chi connectivity index (χ3n) is 1.82. The second-order valence-electron chi connectivity index (χ2n) is 3.22. The monoisotopic (exact) mass is 210 g/mol. The van der Waals surface area contributed by atoms with Crippen molar-refractivity contribution in [2.75, 3.05) is 12.4 Å². The molecule has 1 aromatic rings. The number of benzene rings is 1. The van der Waals surface area contributed by atoms with Crippen LogP contribution in [0.2, 0.25) is 5.02 Å². The minimum absolute atomic E-state index is 0.744. The van der Waals surface area contributed by atoms with Crippen LogP contribution in [0.4, 0.5) is 5.69 Å². The van der Waals surface area contributed by atoms with Crippen molar-refractivity contribution in [3.8, 4) is 0 Å². The Bertz CT molecular complexity index is 345. The van der Waals surface area contributed by atoms with Crippen molar-refractivity contribution < 1.29 is 0 Å². The molecule has 0 unspecified atom stereocenters. The van der Waals surface area contributed by atoms with Crippen LogP contribution in [0.1, 0.15) is 12.5 Å². The second-order valence-corrected chi connectivity index (χ2v) is 3.63. The van der Waals surface area contributed by atoms with Gasteiger partial charge in [-0.2, -0.15) is 0 Å². The molecule has 0 saturated carbocycles. The van der Waals surface area contributed by atoms with Crippen LogP contribution in [-0.2, 0) is 0 Å². The molecule has 0 aliphatic rings. The van der Waals surface area contributed by atoms with E-state index in [2.05, 4.69) is 10.6 Å². The van der Waals surface area contributed by atoms with Crippen molar-refractivity contribution in [1.82, 2.24) is 5.32 Å². The predicted octanol–water partition coefficient (Wildman–Crippen LogP) is 3.14. The fraction of sp³-hybridized carbons (Fsp3) is 0.273. The zero-order chi connectivity index (χ0) is 10.6. The molecule has 0 saturated heterocycles. The fourth-order valence-electron chi connectivity index (χ4n) is 1.19. The highest BCUT2D eigenvalue weighted by Gasteiger charge is 1.99. The first-order chi connectivity index (χ1) is 6.63. The highest BCUT2D eigenvalue weighted by atomic mass is 35.5. The van der Waals surface area contributed by atoms with E-state index < -0.39 is 0 Å². The van der Waals surface area contributed by atoms with Gasteiger partial charge in [0.25, 0.3) is 0 Å². The Labute approximate surface area is 90.0 Å². The van der Waals surface area contributed by atoms with Gasteiger partial charge in [0.2, 0.25) is 0 Å². The Balaban J connectivity index is 2.82. The largest absolute Gasteiger partial charge is 0.393 e. The minimum Gasteiger partial charge on any atom is -0.393 e. The van der Waals surface area contributed by atoms with Gasteiger partial charge in [-0.15, -0.1) is 0 Å². The Morgan fingerprint density at radius 1 is 1.43 bits per heavy atom. The van der Waals surface area contributed by atoms with Crippen LogP contribution in [-0.4, -0.2) is 7.05 Å². The molecular formula is C11H15ClN2. The van der Waals surface area contributed by atoms with Crippen LogP contribution >= 0.6 is 11.6 Å². The van der Waals surface area contributed by atoms with E-state index >= 15 is 0 Å². The molecule has 2 nitrogen and oxygen atoms in total. The maximum Gasteiger partial charge on any atom is 0.0643 e. The molecular weight excluding hydrogens is 196 g/mol. The van der Waals surface area contributed by atoms with Crippen molar-refractivity contribution in [2.24, 2.45) is 0 Å². The summed E-state index contributed by atoms with van der Waals surface area (Å²) in [4.78, 5) is 0. The third-order valence-corrected chi connectivity index (χ3v) is 2.13. The van der Waals surface area contributed by atoms with Gasteiger partial charge in [-0.05, 0) is 31.5 Å². The zero-order valence-electron chi connectivity index (χ0n) is 8.69. The SMILES string of the molecule is CN/C=C(/C)Nc1ccc(C)cc1Cl. The third kappa shape index (κ3) is 2.96. The Morgan fingerprint density at radius 3 is 2.71 bits per heavy atom. The van der Waals surface area contributed by atoms with Crippen LogP contribution < -0.4 is 10.6 Å². The quantitative estimate of drug-likeness (QED) is 0.801. The smallest absolute Gasteiger partial charge is 0.0643 e.